The molecule has 26 heavy (non-hydrogen) atoms. The van der Waals surface area contributed by atoms with Crippen LogP contribution in [0.15, 0.2) is 40.3 Å². The van der Waals surface area contributed by atoms with Gasteiger partial charge in [0.25, 0.3) is 5.56 Å². The third-order valence-corrected chi connectivity index (χ3v) is 5.98. The molecule has 0 saturated carbocycles. The van der Waals surface area contributed by atoms with Gasteiger partial charge in [-0.1, -0.05) is 0 Å². The number of thiophene rings is 1. The molecule has 0 aliphatic rings. The number of primary sulfonamides is 1. The van der Waals surface area contributed by atoms with Crippen LogP contribution in [0.2, 0.25) is 0 Å². The van der Waals surface area contributed by atoms with Crippen LogP contribution in [0.5, 0.6) is 0 Å². The third kappa shape index (κ3) is 3.52. The molecule has 0 atom stereocenters. The maximum Gasteiger partial charge on any atom is 0.262 e. The minimum Gasteiger partial charge on any atom is -0.325 e. The first-order valence-corrected chi connectivity index (χ1v) is 9.91. The molecule has 3 N–H and O–H groups in total. The van der Waals surface area contributed by atoms with Crippen LogP contribution in [0, 0.1) is 13.8 Å². The molecule has 2 aromatic heterocycles. The van der Waals surface area contributed by atoms with Gasteiger partial charge in [0.15, 0.2) is 0 Å². The molecule has 1 amide bonds. The van der Waals surface area contributed by atoms with Crippen molar-refractivity contribution < 1.29 is 13.2 Å². The number of nitrogens with zero attached hydrogens (tertiary/aromatic N) is 2. The second kappa shape index (κ2) is 6.63. The molecule has 3 rings (SSSR count). The Kier molecular flexibility index (Phi) is 4.65. The zero-order valence-corrected chi connectivity index (χ0v) is 15.6. The molecule has 0 spiro atoms. The number of carbonyl (C=O) groups excluding carboxylic acids is 1. The van der Waals surface area contributed by atoms with Crippen molar-refractivity contribution in [3.63, 3.8) is 0 Å². The Hall–Kier alpha value is -2.56. The number of benzene rings is 1. The highest BCUT2D eigenvalue weighted by atomic mass is 32.2. The van der Waals surface area contributed by atoms with Gasteiger partial charge in [0.2, 0.25) is 15.9 Å². The number of aromatic nitrogens is 2. The fourth-order valence-corrected chi connectivity index (χ4v) is 3.97. The van der Waals surface area contributed by atoms with Crippen LogP contribution in [-0.2, 0) is 21.4 Å². The van der Waals surface area contributed by atoms with Crippen LogP contribution in [0.25, 0.3) is 10.2 Å². The number of nitrogens with two attached hydrogens (primary N) is 1. The first kappa shape index (κ1) is 18.2. The molecular weight excluding hydrogens is 376 g/mol. The number of rotatable bonds is 4. The molecule has 0 saturated heterocycles. The Morgan fingerprint density at radius 3 is 2.54 bits per heavy atom. The van der Waals surface area contributed by atoms with Gasteiger partial charge in [-0.05, 0) is 43.7 Å². The van der Waals surface area contributed by atoms with Crippen molar-refractivity contribution in [2.24, 2.45) is 5.14 Å². The highest BCUT2D eigenvalue weighted by Crippen LogP contribution is 2.25. The Bertz CT molecular complexity index is 1160. The Morgan fingerprint density at radius 2 is 1.92 bits per heavy atom. The predicted molar refractivity (Wildman–Crippen MR) is 99.8 cm³/mol. The molecule has 3 aromatic rings. The van der Waals surface area contributed by atoms with Gasteiger partial charge >= 0.3 is 0 Å². The van der Waals surface area contributed by atoms with Gasteiger partial charge < -0.3 is 5.32 Å². The number of amides is 1. The van der Waals surface area contributed by atoms with Crippen LogP contribution < -0.4 is 16.0 Å². The summed E-state index contributed by atoms with van der Waals surface area (Å²) in [6.45, 7) is 3.57. The minimum atomic E-state index is -3.79. The number of nitrogens with one attached hydrogen (secondary N) is 1. The summed E-state index contributed by atoms with van der Waals surface area (Å²) in [6.07, 6.45) is 1.35. The molecule has 0 aliphatic heterocycles. The summed E-state index contributed by atoms with van der Waals surface area (Å²) in [5.74, 6) is -0.429. The lowest BCUT2D eigenvalue weighted by molar-refractivity contribution is -0.116. The van der Waals surface area contributed by atoms with E-state index in [0.717, 1.165) is 10.4 Å². The highest BCUT2D eigenvalue weighted by Gasteiger charge is 2.14. The number of carbonyl (C=O) groups is 1. The second-order valence-electron chi connectivity index (χ2n) is 5.76. The maximum absolute atomic E-state index is 12.6. The molecule has 136 valence electrons. The van der Waals surface area contributed by atoms with Crippen molar-refractivity contribution in [3.05, 3.63) is 51.4 Å². The summed E-state index contributed by atoms with van der Waals surface area (Å²) < 4.78 is 23.7. The van der Waals surface area contributed by atoms with Gasteiger partial charge in [-0.15, -0.1) is 11.3 Å². The second-order valence-corrected chi connectivity index (χ2v) is 8.52. The Balaban J connectivity index is 1.80. The van der Waals surface area contributed by atoms with Crippen LogP contribution in [0.3, 0.4) is 0 Å². The van der Waals surface area contributed by atoms with Crippen LogP contribution in [-0.4, -0.2) is 23.9 Å². The molecule has 0 fully saturated rings. The van der Waals surface area contributed by atoms with E-state index in [0.29, 0.717) is 15.9 Å². The van der Waals surface area contributed by atoms with E-state index >= 15 is 0 Å². The van der Waals surface area contributed by atoms with Crippen LogP contribution in [0.4, 0.5) is 5.69 Å². The van der Waals surface area contributed by atoms with Gasteiger partial charge in [-0.3, -0.25) is 14.2 Å². The lowest BCUT2D eigenvalue weighted by atomic mass is 10.2. The van der Waals surface area contributed by atoms with Gasteiger partial charge in [0, 0.05) is 10.6 Å². The van der Waals surface area contributed by atoms with Gasteiger partial charge in [-0.25, -0.2) is 18.5 Å². The summed E-state index contributed by atoms with van der Waals surface area (Å²) in [5.41, 5.74) is 0.999. The molecule has 0 unspecified atom stereocenters. The SMILES string of the molecule is Cc1sc2ncn(CC(=O)Nc3ccc(S(N)(=O)=O)cc3)c(=O)c2c1C. The fourth-order valence-electron chi connectivity index (χ4n) is 2.47. The van der Waals surface area contributed by atoms with Crippen molar-refractivity contribution in [3.8, 4) is 0 Å². The average molecular weight is 392 g/mol. The van der Waals surface area contributed by atoms with E-state index in [1.54, 1.807) is 0 Å². The van der Waals surface area contributed by atoms with E-state index in [1.165, 1.54) is 46.5 Å². The Morgan fingerprint density at radius 1 is 1.27 bits per heavy atom. The van der Waals surface area contributed by atoms with Crippen LogP contribution >= 0.6 is 11.3 Å². The van der Waals surface area contributed by atoms with Crippen molar-refractivity contribution in [2.45, 2.75) is 25.3 Å². The fraction of sp³-hybridized carbons (Fsp3) is 0.188. The zero-order chi connectivity index (χ0) is 19.1. The number of hydrogen-bond acceptors (Lipinski definition) is 6. The summed E-state index contributed by atoms with van der Waals surface area (Å²) >= 11 is 1.44. The quantitative estimate of drug-likeness (QED) is 0.694. The first-order valence-electron chi connectivity index (χ1n) is 7.54. The van der Waals surface area contributed by atoms with Crippen molar-refractivity contribution in [1.29, 1.82) is 0 Å². The lowest BCUT2D eigenvalue weighted by Crippen LogP contribution is -2.27. The van der Waals surface area contributed by atoms with E-state index in [2.05, 4.69) is 10.3 Å². The van der Waals surface area contributed by atoms with E-state index < -0.39 is 15.9 Å². The van der Waals surface area contributed by atoms with Crippen molar-refractivity contribution in [1.82, 2.24) is 9.55 Å². The Labute approximate surface area is 153 Å². The van der Waals surface area contributed by atoms with Gasteiger partial charge in [0.1, 0.15) is 11.4 Å². The van der Waals surface area contributed by atoms with Crippen LogP contribution in [0.1, 0.15) is 10.4 Å². The molecule has 0 radical (unpaired) electrons. The molecule has 8 nitrogen and oxygen atoms in total. The number of aryl methyl sites for hydroxylation is 2. The number of sulfonamides is 1. The summed E-state index contributed by atoms with van der Waals surface area (Å²) in [7, 11) is -3.79. The molecule has 2 heterocycles. The number of anilines is 1. The minimum absolute atomic E-state index is 0.0512. The summed E-state index contributed by atoms with van der Waals surface area (Å²) in [5, 5.41) is 8.16. The smallest absolute Gasteiger partial charge is 0.262 e. The maximum atomic E-state index is 12.6. The van der Waals surface area contributed by atoms with Crippen molar-refractivity contribution in [2.75, 3.05) is 5.32 Å². The monoisotopic (exact) mass is 392 g/mol. The standard InChI is InChI=1S/C16H16N4O4S2/c1-9-10(2)25-15-14(9)16(22)20(8-18-15)7-13(21)19-11-3-5-12(6-4-11)26(17,23)24/h3-6,8H,7H2,1-2H3,(H,19,21)(H2,17,23,24). The predicted octanol–water partition coefficient (Wildman–Crippen LogP) is 1.36. The van der Waals surface area contributed by atoms with E-state index in [1.807, 2.05) is 13.8 Å². The number of hydrogen-bond donors (Lipinski definition) is 2. The van der Waals surface area contributed by atoms with E-state index in [4.69, 9.17) is 5.14 Å². The molecular formula is C16H16N4O4S2. The summed E-state index contributed by atoms with van der Waals surface area (Å²) in [4.78, 5) is 30.6. The van der Waals surface area contributed by atoms with Gasteiger partial charge in [-0.2, -0.15) is 0 Å². The first-order chi connectivity index (χ1) is 12.2. The molecule has 1 aromatic carbocycles. The van der Waals surface area contributed by atoms with E-state index in [9.17, 15) is 18.0 Å². The number of fused-ring (bicyclic) bond motifs is 1. The lowest BCUT2D eigenvalue weighted by Gasteiger charge is -2.08. The normalized spacial score (nSPS) is 11.7. The van der Waals surface area contributed by atoms with Gasteiger partial charge in [0.05, 0.1) is 16.6 Å². The molecule has 0 bridgehead atoms. The van der Waals surface area contributed by atoms with E-state index in [-0.39, 0.29) is 17.0 Å². The topological polar surface area (TPSA) is 124 Å². The third-order valence-electron chi connectivity index (χ3n) is 3.94. The van der Waals surface area contributed by atoms with Crippen molar-refractivity contribution >= 4 is 43.2 Å². The largest absolute Gasteiger partial charge is 0.325 e. The summed E-state index contributed by atoms with van der Waals surface area (Å²) in [6, 6.07) is 5.44. The average Bonchev–Trinajstić information content (AvgIpc) is 2.85. The highest BCUT2D eigenvalue weighted by molar-refractivity contribution is 7.89. The molecule has 0 aliphatic carbocycles. The zero-order valence-electron chi connectivity index (χ0n) is 14.0. The molecule has 10 heteroatoms.